The number of para-hydroxylation sites is 2. The van der Waals surface area contributed by atoms with Gasteiger partial charge in [-0.1, -0.05) is 83.4 Å². The summed E-state index contributed by atoms with van der Waals surface area (Å²) >= 11 is 11.8. The van der Waals surface area contributed by atoms with Crippen LogP contribution in [0.15, 0.2) is 84.9 Å². The lowest BCUT2D eigenvalue weighted by Gasteiger charge is -2.12. The van der Waals surface area contributed by atoms with Gasteiger partial charge in [-0.2, -0.15) is 31.6 Å². The minimum atomic E-state index is -4.48. The Kier molecular flexibility index (Phi) is 14.5. The Hall–Kier alpha value is -4.85. The minimum absolute atomic E-state index is 0.01000. The Balaban J connectivity index is 0.000000212. The van der Waals surface area contributed by atoms with Crippen molar-refractivity contribution < 1.29 is 41.5 Å². The molecule has 0 spiro atoms. The van der Waals surface area contributed by atoms with Crippen molar-refractivity contribution in [2.24, 2.45) is 0 Å². The Labute approximate surface area is 304 Å². The highest BCUT2D eigenvalue weighted by atomic mass is 35.5. The van der Waals surface area contributed by atoms with Gasteiger partial charge in [-0.05, 0) is 56.6 Å². The SMILES string of the molecule is Cc1ccccc1B(O)O.Cc1nc2cccc(C(F)(F)F)c2nc1-c1ccccc1Cl.Cc1nc2cccc(C(F)(F)F)c2nc1Cl.N#CCO. The zero-order valence-electron chi connectivity index (χ0n) is 27.5. The van der Waals surface area contributed by atoms with Gasteiger partial charge in [0, 0.05) is 5.56 Å². The molecule has 3 N–H and O–H groups in total. The van der Waals surface area contributed by atoms with Crippen LogP contribution >= 0.6 is 23.2 Å². The molecule has 0 atom stereocenters. The number of alkyl halides is 6. The van der Waals surface area contributed by atoms with E-state index < -0.39 is 30.6 Å². The molecule has 52 heavy (non-hydrogen) atoms. The normalized spacial score (nSPS) is 10.9. The van der Waals surface area contributed by atoms with Crippen molar-refractivity contribution in [3.05, 3.63) is 123 Å². The summed E-state index contributed by atoms with van der Waals surface area (Å²) in [6.07, 6.45) is -8.94. The molecule has 6 aromatic rings. The molecule has 8 nitrogen and oxygen atoms in total. The number of nitrogens with zero attached hydrogens (tertiary/aromatic N) is 5. The molecule has 2 aromatic heterocycles. The minimum Gasteiger partial charge on any atom is -0.423 e. The van der Waals surface area contributed by atoms with Crippen molar-refractivity contribution >= 4 is 57.8 Å². The highest BCUT2D eigenvalue weighted by molar-refractivity contribution is 6.59. The second kappa shape index (κ2) is 18.1. The number of rotatable bonds is 2. The van der Waals surface area contributed by atoms with Gasteiger partial charge in [0.15, 0.2) is 5.15 Å². The van der Waals surface area contributed by atoms with Gasteiger partial charge in [-0.25, -0.2) is 19.9 Å². The molecule has 0 saturated heterocycles. The van der Waals surface area contributed by atoms with Crippen LogP contribution < -0.4 is 5.46 Å². The largest absolute Gasteiger partial charge is 0.488 e. The smallest absolute Gasteiger partial charge is 0.423 e. The van der Waals surface area contributed by atoms with E-state index in [1.807, 2.05) is 19.1 Å². The Morgan fingerprint density at radius 2 is 1.15 bits per heavy atom. The summed E-state index contributed by atoms with van der Waals surface area (Å²) in [7, 11) is -1.35. The molecule has 0 aliphatic heterocycles. The van der Waals surface area contributed by atoms with Gasteiger partial charge in [0.2, 0.25) is 0 Å². The highest BCUT2D eigenvalue weighted by Crippen LogP contribution is 2.36. The van der Waals surface area contributed by atoms with E-state index in [2.05, 4.69) is 19.9 Å². The first-order valence-electron chi connectivity index (χ1n) is 14.9. The van der Waals surface area contributed by atoms with Crippen molar-refractivity contribution in [2.75, 3.05) is 6.61 Å². The fraction of sp³-hybridized carbons (Fsp3) is 0.171. The quantitative estimate of drug-likeness (QED) is 0.0916. The van der Waals surface area contributed by atoms with Crippen molar-refractivity contribution in [1.29, 1.82) is 5.26 Å². The van der Waals surface area contributed by atoms with E-state index >= 15 is 0 Å². The van der Waals surface area contributed by atoms with Gasteiger partial charge in [-0.3, -0.25) is 0 Å². The van der Waals surface area contributed by atoms with Crippen LogP contribution in [0, 0.1) is 32.1 Å². The lowest BCUT2D eigenvalue weighted by Crippen LogP contribution is -2.31. The van der Waals surface area contributed by atoms with E-state index in [1.165, 1.54) is 30.3 Å². The Morgan fingerprint density at radius 1 is 0.673 bits per heavy atom. The van der Waals surface area contributed by atoms with Crippen molar-refractivity contribution in [2.45, 2.75) is 33.1 Å². The maximum absolute atomic E-state index is 13.1. The Morgan fingerprint density at radius 3 is 1.62 bits per heavy atom. The number of nitriles is 1. The Bertz CT molecular complexity index is 2200. The highest BCUT2D eigenvalue weighted by Gasteiger charge is 2.34. The molecule has 17 heteroatoms. The molecular weight excluding hydrogens is 734 g/mol. The van der Waals surface area contributed by atoms with E-state index in [9.17, 15) is 26.3 Å². The molecule has 0 unspecified atom stereocenters. The average Bonchev–Trinajstić information content (AvgIpc) is 3.08. The lowest BCUT2D eigenvalue weighted by molar-refractivity contribution is -0.137. The van der Waals surface area contributed by atoms with Crippen molar-refractivity contribution in [3.8, 4) is 17.3 Å². The predicted octanol–water partition coefficient (Wildman–Crippen LogP) is 8.06. The molecule has 4 aromatic carbocycles. The number of aliphatic hydroxyl groups is 1. The monoisotopic (exact) mass is 761 g/mol. The van der Waals surface area contributed by atoms with E-state index in [0.717, 1.165) is 17.7 Å². The first-order chi connectivity index (χ1) is 24.4. The van der Waals surface area contributed by atoms with Crippen LogP contribution in [0.2, 0.25) is 10.2 Å². The van der Waals surface area contributed by atoms with Gasteiger partial charge in [0.05, 0.1) is 50.3 Å². The molecule has 2 heterocycles. The third-order valence-corrected chi connectivity index (χ3v) is 7.65. The summed E-state index contributed by atoms with van der Waals surface area (Å²) in [5.41, 5.74) is 1.72. The maximum Gasteiger partial charge on any atom is 0.488 e. The van der Waals surface area contributed by atoms with Crippen LogP contribution in [0.4, 0.5) is 26.3 Å². The zero-order chi connectivity index (χ0) is 38.8. The van der Waals surface area contributed by atoms with Gasteiger partial charge < -0.3 is 15.2 Å². The van der Waals surface area contributed by atoms with Gasteiger partial charge >= 0.3 is 19.5 Å². The third-order valence-electron chi connectivity index (χ3n) is 6.96. The van der Waals surface area contributed by atoms with Gasteiger partial charge in [0.25, 0.3) is 0 Å². The van der Waals surface area contributed by atoms with Gasteiger partial charge in [-0.15, -0.1) is 0 Å². The molecule has 0 bridgehead atoms. The molecule has 0 aliphatic carbocycles. The summed E-state index contributed by atoms with van der Waals surface area (Å²) in [6, 6.07) is 23.1. The predicted molar refractivity (Wildman–Crippen MR) is 188 cm³/mol. The number of hydrogen-bond acceptors (Lipinski definition) is 8. The molecule has 0 aliphatic rings. The summed E-state index contributed by atoms with van der Waals surface area (Å²) in [5.74, 6) is 0. The number of benzene rings is 4. The zero-order valence-corrected chi connectivity index (χ0v) is 29.0. The van der Waals surface area contributed by atoms with Crippen molar-refractivity contribution in [1.82, 2.24) is 19.9 Å². The first-order valence-corrected chi connectivity index (χ1v) is 15.6. The molecular formula is C35H28BCl2F6N5O3. The summed E-state index contributed by atoms with van der Waals surface area (Å²) in [5, 5.41) is 32.8. The second-order valence-electron chi connectivity index (χ2n) is 10.6. The first kappa shape index (κ1) is 41.6. The number of halogens is 8. The molecule has 0 saturated carbocycles. The van der Waals surface area contributed by atoms with E-state index in [-0.39, 0.29) is 33.8 Å². The fourth-order valence-electron chi connectivity index (χ4n) is 4.55. The van der Waals surface area contributed by atoms with Crippen LogP contribution in [0.25, 0.3) is 33.3 Å². The van der Waals surface area contributed by atoms with Crippen LogP contribution in [0.1, 0.15) is 28.1 Å². The summed E-state index contributed by atoms with van der Waals surface area (Å²) in [6.45, 7) is 4.76. The van der Waals surface area contributed by atoms with E-state index in [1.54, 1.807) is 50.2 Å². The standard InChI is InChI=1S/C16H10ClF3N2.C10H6ClF3N2.C7H9BO2.C2H3NO/c1-9-14(10-5-2-3-7-12(10)17)22-15-11(16(18,19)20)6-4-8-13(15)21-9;1-5-9(11)16-8-6(10(12,13)14)3-2-4-7(8)15-5;1-6-4-2-3-5-7(6)8(9)10;3-1-2-4/h2-8H,1H3;2-4H,1H3;2-5,9-10H,1H3;4H,2H2. The number of fused-ring (bicyclic) bond motifs is 2. The molecule has 6 rings (SSSR count). The number of aryl methyl sites for hydroxylation is 3. The molecule has 0 radical (unpaired) electrons. The lowest BCUT2D eigenvalue weighted by atomic mass is 9.77. The van der Waals surface area contributed by atoms with Crippen LogP contribution in [0.5, 0.6) is 0 Å². The van der Waals surface area contributed by atoms with Crippen molar-refractivity contribution in [3.63, 3.8) is 0 Å². The van der Waals surface area contributed by atoms with Crippen LogP contribution in [0.3, 0.4) is 0 Å². The average molecular weight is 762 g/mol. The number of aliphatic hydroxyl groups excluding tert-OH is 1. The molecule has 0 fully saturated rings. The maximum atomic E-state index is 13.1. The molecule has 0 amide bonds. The second-order valence-corrected chi connectivity index (χ2v) is 11.4. The third kappa shape index (κ3) is 10.8. The summed E-state index contributed by atoms with van der Waals surface area (Å²) < 4.78 is 77.3. The van der Waals surface area contributed by atoms with E-state index in [0.29, 0.717) is 33.1 Å². The van der Waals surface area contributed by atoms with Crippen LogP contribution in [-0.2, 0) is 12.4 Å². The summed E-state index contributed by atoms with van der Waals surface area (Å²) in [4.78, 5) is 16.1. The van der Waals surface area contributed by atoms with Crippen LogP contribution in [-0.4, -0.2) is 48.8 Å². The van der Waals surface area contributed by atoms with Gasteiger partial charge in [0.1, 0.15) is 17.6 Å². The molecule has 270 valence electrons. The number of hydrogen-bond donors (Lipinski definition) is 3. The topological polar surface area (TPSA) is 136 Å². The number of aromatic nitrogens is 4. The van der Waals surface area contributed by atoms with E-state index in [4.69, 9.17) is 43.6 Å². The fourth-order valence-corrected chi connectivity index (χ4v) is 4.90.